The van der Waals surface area contributed by atoms with Gasteiger partial charge in [-0.25, -0.2) is 0 Å². The van der Waals surface area contributed by atoms with Crippen LogP contribution in [-0.4, -0.2) is 5.91 Å². The van der Waals surface area contributed by atoms with Gasteiger partial charge in [-0.15, -0.1) is 0 Å². The topological polar surface area (TPSA) is 43.1 Å². The average Bonchev–Trinajstić information content (AvgIpc) is 2.48. The lowest BCUT2D eigenvalue weighted by Crippen LogP contribution is -2.22. The number of aryl methyl sites for hydroxylation is 1. The van der Waals surface area contributed by atoms with Gasteiger partial charge in [-0.2, -0.15) is 0 Å². The molecular weight excluding hydrogens is 306 g/mol. The molecule has 1 unspecified atom stereocenters. The van der Waals surface area contributed by atoms with E-state index in [4.69, 9.17) is 17.3 Å². The van der Waals surface area contributed by atoms with E-state index in [9.17, 15) is 4.79 Å². The van der Waals surface area contributed by atoms with Gasteiger partial charge in [0.15, 0.2) is 0 Å². The highest BCUT2D eigenvalue weighted by molar-refractivity contribution is 6.30. The molecule has 0 radical (unpaired) electrons. The van der Waals surface area contributed by atoms with Crippen molar-refractivity contribution in [3.63, 3.8) is 0 Å². The van der Waals surface area contributed by atoms with Gasteiger partial charge in [0, 0.05) is 5.02 Å². The Morgan fingerprint density at radius 2 is 1.61 bits per heavy atom. The van der Waals surface area contributed by atoms with Gasteiger partial charge in [0.2, 0.25) is 5.91 Å². The van der Waals surface area contributed by atoms with Crippen molar-refractivity contribution in [2.75, 3.05) is 0 Å². The van der Waals surface area contributed by atoms with Crippen LogP contribution >= 0.6 is 11.6 Å². The number of primary amides is 1. The highest BCUT2D eigenvalue weighted by atomic mass is 35.5. The van der Waals surface area contributed by atoms with Gasteiger partial charge in [-0.05, 0) is 47.1 Å². The Morgan fingerprint density at radius 3 is 2.09 bits per heavy atom. The van der Waals surface area contributed by atoms with Crippen molar-refractivity contribution in [2.24, 2.45) is 5.73 Å². The summed E-state index contributed by atoms with van der Waals surface area (Å²) >= 11 is 5.90. The molecule has 2 nitrogen and oxygen atoms in total. The number of halogens is 1. The molecule has 0 spiro atoms. The van der Waals surface area contributed by atoms with Gasteiger partial charge in [-0.3, -0.25) is 4.79 Å². The van der Waals surface area contributed by atoms with Crippen LogP contribution in [0.4, 0.5) is 0 Å². The molecule has 0 saturated heterocycles. The molecule has 0 aliphatic rings. The summed E-state index contributed by atoms with van der Waals surface area (Å²) in [7, 11) is 0. The molecule has 3 heteroatoms. The molecule has 0 saturated carbocycles. The Kier molecular flexibility index (Phi) is 5.48. The summed E-state index contributed by atoms with van der Waals surface area (Å²) in [6.45, 7) is 6.60. The van der Waals surface area contributed by atoms with Gasteiger partial charge < -0.3 is 5.73 Å². The second-order valence-electron chi connectivity index (χ2n) is 6.99. The van der Waals surface area contributed by atoms with E-state index in [0.717, 1.165) is 12.0 Å². The maximum atomic E-state index is 11.8. The van der Waals surface area contributed by atoms with Crippen LogP contribution in [0.5, 0.6) is 0 Å². The smallest absolute Gasteiger partial charge is 0.224 e. The quantitative estimate of drug-likeness (QED) is 0.838. The van der Waals surface area contributed by atoms with Gasteiger partial charge >= 0.3 is 0 Å². The second-order valence-corrected chi connectivity index (χ2v) is 7.43. The number of amides is 1. The predicted molar refractivity (Wildman–Crippen MR) is 96.9 cm³/mol. The first-order valence-electron chi connectivity index (χ1n) is 7.91. The van der Waals surface area contributed by atoms with E-state index < -0.39 is 0 Å². The lowest BCUT2D eigenvalue weighted by Gasteiger charge is -2.19. The van der Waals surface area contributed by atoms with E-state index in [2.05, 4.69) is 45.0 Å². The molecule has 2 N–H and O–H groups in total. The minimum Gasteiger partial charge on any atom is -0.369 e. The Labute approximate surface area is 143 Å². The van der Waals surface area contributed by atoms with Crippen molar-refractivity contribution in [1.29, 1.82) is 0 Å². The van der Waals surface area contributed by atoms with Crippen molar-refractivity contribution in [3.8, 4) is 0 Å². The summed E-state index contributed by atoms with van der Waals surface area (Å²) in [5.74, 6) is -0.576. The number of nitrogens with two attached hydrogens (primary N) is 1. The van der Waals surface area contributed by atoms with Crippen molar-refractivity contribution in [3.05, 3.63) is 70.2 Å². The zero-order chi connectivity index (χ0) is 17.0. The van der Waals surface area contributed by atoms with E-state index in [1.54, 1.807) is 12.1 Å². The zero-order valence-corrected chi connectivity index (χ0v) is 14.7. The van der Waals surface area contributed by atoms with Crippen molar-refractivity contribution in [1.82, 2.24) is 0 Å². The van der Waals surface area contributed by atoms with E-state index >= 15 is 0 Å². The molecule has 0 aromatic heterocycles. The lowest BCUT2D eigenvalue weighted by atomic mass is 9.86. The molecule has 0 fully saturated rings. The van der Waals surface area contributed by atoms with Crippen molar-refractivity contribution in [2.45, 2.75) is 44.9 Å². The predicted octanol–water partition coefficient (Wildman–Crippen LogP) is 4.84. The van der Waals surface area contributed by atoms with Crippen molar-refractivity contribution < 1.29 is 4.79 Å². The Balaban J connectivity index is 2.07. The first-order valence-corrected chi connectivity index (χ1v) is 8.29. The fraction of sp³-hybridized carbons (Fsp3) is 0.350. The van der Waals surface area contributed by atoms with Gasteiger partial charge in [0.05, 0.1) is 5.92 Å². The molecule has 0 aliphatic heterocycles. The number of hydrogen-bond acceptors (Lipinski definition) is 1. The summed E-state index contributed by atoms with van der Waals surface area (Å²) < 4.78 is 0. The number of benzene rings is 2. The Morgan fingerprint density at radius 1 is 1.04 bits per heavy atom. The van der Waals surface area contributed by atoms with Crippen molar-refractivity contribution >= 4 is 17.5 Å². The highest BCUT2D eigenvalue weighted by Gasteiger charge is 2.18. The van der Waals surface area contributed by atoms with Crippen LogP contribution < -0.4 is 5.73 Å². The van der Waals surface area contributed by atoms with Gasteiger partial charge in [0.1, 0.15) is 0 Å². The van der Waals surface area contributed by atoms with Crippen LogP contribution in [-0.2, 0) is 16.6 Å². The first-order chi connectivity index (χ1) is 10.8. The summed E-state index contributed by atoms with van der Waals surface area (Å²) in [6, 6.07) is 16.0. The standard InChI is InChI=1S/C20H24ClNO/c1-20(2,3)16-9-4-14(5-10-16)6-13-18(19(22)23)15-7-11-17(21)12-8-15/h4-5,7-12,18H,6,13H2,1-3H3,(H2,22,23). The Bertz CT molecular complexity index is 654. The fourth-order valence-electron chi connectivity index (χ4n) is 2.65. The van der Waals surface area contributed by atoms with E-state index in [-0.39, 0.29) is 17.2 Å². The third-order valence-electron chi connectivity index (χ3n) is 4.16. The minimum absolute atomic E-state index is 0.150. The third kappa shape index (κ3) is 4.84. The van der Waals surface area contributed by atoms with Gasteiger partial charge in [0.25, 0.3) is 0 Å². The van der Waals surface area contributed by atoms with Crippen LogP contribution in [0.15, 0.2) is 48.5 Å². The van der Waals surface area contributed by atoms with Crippen LogP contribution in [0.1, 0.15) is 49.8 Å². The molecule has 23 heavy (non-hydrogen) atoms. The van der Waals surface area contributed by atoms with Crippen LogP contribution in [0.3, 0.4) is 0 Å². The van der Waals surface area contributed by atoms with E-state index in [1.165, 1.54) is 11.1 Å². The highest BCUT2D eigenvalue weighted by Crippen LogP contribution is 2.25. The van der Waals surface area contributed by atoms with E-state index in [1.807, 2.05) is 12.1 Å². The molecule has 1 atom stereocenters. The maximum absolute atomic E-state index is 11.8. The second kappa shape index (κ2) is 7.18. The first kappa shape index (κ1) is 17.6. The largest absolute Gasteiger partial charge is 0.369 e. The summed E-state index contributed by atoms with van der Waals surface area (Å²) in [4.78, 5) is 11.8. The monoisotopic (exact) mass is 329 g/mol. The third-order valence-corrected chi connectivity index (χ3v) is 4.41. The molecule has 122 valence electrons. The summed E-state index contributed by atoms with van der Waals surface area (Å²) in [6.07, 6.45) is 1.52. The number of carbonyl (C=O) groups excluding carboxylic acids is 1. The van der Waals surface area contributed by atoms with Crippen LogP contribution in [0, 0.1) is 0 Å². The molecule has 0 aliphatic carbocycles. The number of hydrogen-bond donors (Lipinski definition) is 1. The molecular formula is C20H24ClNO. The molecule has 2 aromatic carbocycles. The summed E-state index contributed by atoms with van der Waals surface area (Å²) in [5, 5.41) is 0.662. The van der Waals surface area contributed by atoms with E-state index in [0.29, 0.717) is 11.4 Å². The molecule has 0 heterocycles. The molecule has 2 aromatic rings. The summed E-state index contributed by atoms with van der Waals surface area (Å²) in [5.41, 5.74) is 9.19. The maximum Gasteiger partial charge on any atom is 0.224 e. The SMILES string of the molecule is CC(C)(C)c1ccc(CCC(C(N)=O)c2ccc(Cl)cc2)cc1. The van der Waals surface area contributed by atoms with Crippen LogP contribution in [0.2, 0.25) is 5.02 Å². The molecule has 2 rings (SSSR count). The zero-order valence-electron chi connectivity index (χ0n) is 14.0. The fourth-order valence-corrected chi connectivity index (χ4v) is 2.78. The lowest BCUT2D eigenvalue weighted by molar-refractivity contribution is -0.119. The molecule has 0 bridgehead atoms. The number of carbonyl (C=O) groups is 1. The number of rotatable bonds is 5. The normalized spacial score (nSPS) is 12.9. The minimum atomic E-state index is -0.293. The molecule has 1 amide bonds. The Hall–Kier alpha value is -1.80. The van der Waals surface area contributed by atoms with Gasteiger partial charge in [-0.1, -0.05) is 68.8 Å². The van der Waals surface area contributed by atoms with Crippen LogP contribution in [0.25, 0.3) is 0 Å². The average molecular weight is 330 g/mol.